The molecule has 7 aromatic carbocycles. The Hall–Kier alpha value is -5.66. The van der Waals surface area contributed by atoms with Crippen molar-refractivity contribution in [2.45, 2.75) is 102 Å². The van der Waals surface area contributed by atoms with E-state index in [1.165, 1.54) is 122 Å². The van der Waals surface area contributed by atoms with Crippen molar-refractivity contribution in [2.75, 3.05) is 4.90 Å². The Balaban J connectivity index is 1.13. The molecule has 316 valence electrons. The fraction of sp³-hybridized carbons (Fsp3) is 0.333. The van der Waals surface area contributed by atoms with Crippen LogP contribution in [0, 0.1) is 29.1 Å². The summed E-state index contributed by atoms with van der Waals surface area (Å²) in [6.45, 7) is 14.8. The van der Waals surface area contributed by atoms with Gasteiger partial charge in [0.2, 0.25) is 0 Å². The van der Waals surface area contributed by atoms with Crippen LogP contribution < -0.4 is 4.90 Å². The second-order valence-corrected chi connectivity index (χ2v) is 23.1. The monoisotopic (exact) mass is 829 g/mol. The van der Waals surface area contributed by atoms with Gasteiger partial charge < -0.3 is 4.90 Å². The van der Waals surface area contributed by atoms with E-state index in [1.807, 2.05) is 0 Å². The van der Waals surface area contributed by atoms with Gasteiger partial charge >= 0.3 is 0 Å². The predicted octanol–water partition coefficient (Wildman–Crippen LogP) is 16.5. The number of fused-ring (bicyclic) bond motifs is 12. The molecule has 0 saturated heterocycles. The summed E-state index contributed by atoms with van der Waals surface area (Å²) in [5.41, 5.74) is 24.5. The van der Waals surface area contributed by atoms with E-state index in [0.29, 0.717) is 17.3 Å². The number of nitrogens with zero attached hydrogens (tertiary/aromatic N) is 1. The average molecular weight is 830 g/mol. The molecular formula is C63H59N. The van der Waals surface area contributed by atoms with E-state index in [4.69, 9.17) is 0 Å². The van der Waals surface area contributed by atoms with E-state index in [2.05, 4.69) is 198 Å². The fourth-order valence-corrected chi connectivity index (χ4v) is 16.4. The highest BCUT2D eigenvalue weighted by molar-refractivity contribution is 6.06. The lowest BCUT2D eigenvalue weighted by atomic mass is 9.26. The Labute approximate surface area is 380 Å². The zero-order valence-electron chi connectivity index (χ0n) is 38.4. The van der Waals surface area contributed by atoms with Crippen molar-refractivity contribution in [1.82, 2.24) is 0 Å². The zero-order chi connectivity index (χ0) is 43.1. The van der Waals surface area contributed by atoms with Crippen molar-refractivity contribution in [3.8, 4) is 44.5 Å². The van der Waals surface area contributed by atoms with Gasteiger partial charge in [-0.15, -0.1) is 0 Å². The third-order valence-electron chi connectivity index (χ3n) is 19.2. The van der Waals surface area contributed by atoms with Gasteiger partial charge in [-0.2, -0.15) is 0 Å². The van der Waals surface area contributed by atoms with Crippen LogP contribution >= 0.6 is 0 Å². The first kappa shape index (κ1) is 37.7. The molecule has 14 rings (SSSR count). The minimum atomic E-state index is -0.133. The summed E-state index contributed by atoms with van der Waals surface area (Å²) in [5.74, 6) is 3.20. The molecule has 0 N–H and O–H groups in total. The Kier molecular flexibility index (Phi) is 7.28. The molecule has 64 heavy (non-hydrogen) atoms. The van der Waals surface area contributed by atoms with Crippen molar-refractivity contribution in [3.63, 3.8) is 0 Å². The van der Waals surface area contributed by atoms with Gasteiger partial charge in [0.15, 0.2) is 0 Å². The van der Waals surface area contributed by atoms with Crippen molar-refractivity contribution in [1.29, 1.82) is 0 Å². The van der Waals surface area contributed by atoms with Gasteiger partial charge in [-0.1, -0.05) is 163 Å². The Morgan fingerprint density at radius 3 is 1.75 bits per heavy atom. The van der Waals surface area contributed by atoms with Crippen molar-refractivity contribution >= 4 is 17.1 Å². The molecule has 0 heterocycles. The van der Waals surface area contributed by atoms with Gasteiger partial charge in [-0.05, 0) is 176 Å². The highest BCUT2D eigenvalue weighted by Crippen LogP contribution is 2.90. The summed E-state index contributed by atoms with van der Waals surface area (Å²) in [6, 6.07) is 59.6. The number of hydrogen-bond acceptors (Lipinski definition) is 1. The van der Waals surface area contributed by atoms with E-state index in [9.17, 15) is 0 Å². The molecule has 7 aromatic rings. The molecule has 1 heteroatoms. The fourth-order valence-electron chi connectivity index (χ4n) is 16.4. The summed E-state index contributed by atoms with van der Waals surface area (Å²) in [6.07, 6.45) is 8.07. The lowest BCUT2D eigenvalue weighted by Gasteiger charge is -2.76. The van der Waals surface area contributed by atoms with Crippen LogP contribution in [0.3, 0.4) is 0 Å². The molecule has 0 aliphatic heterocycles. The molecule has 4 fully saturated rings. The van der Waals surface area contributed by atoms with Gasteiger partial charge in [-0.3, -0.25) is 0 Å². The quantitative estimate of drug-likeness (QED) is 0.167. The number of hydrogen-bond donors (Lipinski definition) is 0. The molecule has 0 amide bonds. The predicted molar refractivity (Wildman–Crippen MR) is 266 cm³/mol. The highest BCUT2D eigenvalue weighted by atomic mass is 15.1. The maximum absolute atomic E-state index is 2.75. The van der Waals surface area contributed by atoms with Crippen LogP contribution in [0.25, 0.3) is 44.5 Å². The molecule has 1 nitrogen and oxygen atoms in total. The van der Waals surface area contributed by atoms with Gasteiger partial charge in [0.05, 0.1) is 5.69 Å². The standard InChI is InChI=1S/C63H59N/c1-59(2)29-30-60(3,4)53-35-43(26-28-51(53)59)64(42-25-27-46-44-21-13-15-23-49(44)61(5,6)52(46)34-42)58-47(39-17-9-7-10-18-39)36-48-45-22-14-16-24-50(45)63(57(48)56(58)40-19-11-8-12-20-40)54-32-38-31-41-33-55(63)62(41,54)37-38/h7-28,34-36,38,41,54-55H,29-33,37H2,1-6H3. The van der Waals surface area contributed by atoms with Crippen LogP contribution in [0.1, 0.15) is 113 Å². The van der Waals surface area contributed by atoms with E-state index >= 15 is 0 Å². The molecule has 2 bridgehead atoms. The van der Waals surface area contributed by atoms with Crippen LogP contribution in [-0.2, 0) is 21.7 Å². The minimum absolute atomic E-state index is 0.0157. The van der Waals surface area contributed by atoms with Crippen molar-refractivity contribution < 1.29 is 0 Å². The van der Waals surface area contributed by atoms with Gasteiger partial charge in [0.25, 0.3) is 0 Å². The summed E-state index contributed by atoms with van der Waals surface area (Å²) in [4.78, 5) is 2.75. The third kappa shape index (κ3) is 4.48. The van der Waals surface area contributed by atoms with E-state index < -0.39 is 0 Å². The van der Waals surface area contributed by atoms with Gasteiger partial charge in [0.1, 0.15) is 0 Å². The lowest BCUT2D eigenvalue weighted by molar-refractivity contribution is -0.231. The minimum Gasteiger partial charge on any atom is -0.309 e. The molecule has 7 aliphatic carbocycles. The SMILES string of the molecule is CC1(C)CCC(C)(C)c2cc(N(c3ccc4c(c3)C(C)(C)c3ccccc3-4)c3c(-c4ccccc4)cc4c(c3-c3ccccc3)C3(c5ccccc5-4)C4CC5CC6CC3C64C5)ccc21. The summed E-state index contributed by atoms with van der Waals surface area (Å²) in [7, 11) is 0. The number of anilines is 3. The first-order valence-corrected chi connectivity index (χ1v) is 24.6. The Morgan fingerprint density at radius 1 is 0.453 bits per heavy atom. The first-order valence-electron chi connectivity index (χ1n) is 24.6. The molecule has 4 saturated carbocycles. The number of benzene rings is 7. The molecule has 0 radical (unpaired) electrons. The molecule has 6 atom stereocenters. The molecule has 6 unspecified atom stereocenters. The maximum Gasteiger partial charge on any atom is 0.0621 e. The van der Waals surface area contributed by atoms with Crippen LogP contribution in [-0.4, -0.2) is 0 Å². The second-order valence-electron chi connectivity index (χ2n) is 23.1. The Bertz CT molecular complexity index is 3130. The van der Waals surface area contributed by atoms with E-state index in [-0.39, 0.29) is 21.7 Å². The smallest absolute Gasteiger partial charge is 0.0621 e. The summed E-state index contributed by atoms with van der Waals surface area (Å²) < 4.78 is 0. The van der Waals surface area contributed by atoms with Crippen LogP contribution in [0.4, 0.5) is 17.1 Å². The molecule has 2 spiro atoms. The van der Waals surface area contributed by atoms with E-state index in [1.54, 1.807) is 11.1 Å². The average Bonchev–Trinajstić information content (AvgIpc) is 4.00. The van der Waals surface area contributed by atoms with E-state index in [0.717, 1.165) is 11.8 Å². The first-order chi connectivity index (χ1) is 30.9. The second kappa shape index (κ2) is 12.4. The maximum atomic E-state index is 2.75. The van der Waals surface area contributed by atoms with Gasteiger partial charge in [0, 0.05) is 33.3 Å². The molecule has 7 aliphatic rings. The molecule has 0 aromatic heterocycles. The lowest BCUT2D eigenvalue weighted by Crippen LogP contribution is -2.73. The van der Waals surface area contributed by atoms with Crippen molar-refractivity contribution in [3.05, 3.63) is 185 Å². The van der Waals surface area contributed by atoms with Crippen LogP contribution in [0.5, 0.6) is 0 Å². The van der Waals surface area contributed by atoms with Crippen LogP contribution in [0.15, 0.2) is 152 Å². The van der Waals surface area contributed by atoms with Crippen molar-refractivity contribution in [2.24, 2.45) is 29.1 Å². The van der Waals surface area contributed by atoms with Gasteiger partial charge in [-0.25, -0.2) is 0 Å². The highest BCUT2D eigenvalue weighted by Gasteiger charge is 2.85. The summed E-state index contributed by atoms with van der Waals surface area (Å²) >= 11 is 0. The zero-order valence-corrected chi connectivity index (χ0v) is 38.4. The topological polar surface area (TPSA) is 3.24 Å². The Morgan fingerprint density at radius 2 is 1.03 bits per heavy atom. The number of rotatable bonds is 5. The van der Waals surface area contributed by atoms with Crippen LogP contribution in [0.2, 0.25) is 0 Å². The largest absolute Gasteiger partial charge is 0.309 e. The summed E-state index contributed by atoms with van der Waals surface area (Å²) in [5, 5.41) is 0. The molecular weight excluding hydrogens is 771 g/mol. The third-order valence-corrected chi connectivity index (χ3v) is 19.2. The normalized spacial score (nSPS) is 28.0.